The van der Waals surface area contributed by atoms with E-state index in [2.05, 4.69) is 56.9 Å². The first-order valence-electron chi connectivity index (χ1n) is 4.59. The van der Waals surface area contributed by atoms with Gasteiger partial charge in [0.25, 0.3) is 0 Å². The molecule has 0 aromatic carbocycles. The molecule has 83 valence electrons. The van der Waals surface area contributed by atoms with E-state index in [0.717, 1.165) is 0 Å². The van der Waals surface area contributed by atoms with Crippen molar-refractivity contribution in [3.8, 4) is 0 Å². The summed E-state index contributed by atoms with van der Waals surface area (Å²) < 4.78 is 0. The fourth-order valence-electron chi connectivity index (χ4n) is 1.32. The Labute approximate surface area is 102 Å². The summed E-state index contributed by atoms with van der Waals surface area (Å²) in [5.74, 6) is 0. The van der Waals surface area contributed by atoms with Crippen LogP contribution in [0.4, 0.5) is 0 Å². The minimum absolute atomic E-state index is 0.652. The predicted molar refractivity (Wildman–Crippen MR) is 62.0 cm³/mol. The quantitative estimate of drug-likeness (QED) is 0.431. The van der Waals surface area contributed by atoms with Gasteiger partial charge in [0.1, 0.15) is 0 Å². The normalized spacial score (nSPS) is 19.5. The van der Waals surface area contributed by atoms with E-state index in [1.165, 1.54) is 13.1 Å². The molecule has 1 aliphatic heterocycles. The summed E-state index contributed by atoms with van der Waals surface area (Å²) in [6.07, 6.45) is 0. The molecule has 1 rings (SSSR count). The molecule has 1 saturated heterocycles. The van der Waals surface area contributed by atoms with Crippen LogP contribution in [0.2, 0.25) is 0 Å². The monoisotopic (exact) mass is 345 g/mol. The van der Waals surface area contributed by atoms with Gasteiger partial charge in [0.2, 0.25) is 0 Å². The molecular weight excluding hydrogens is 327 g/mol. The molecule has 4 heteroatoms. The Kier molecular flexibility index (Phi) is 8.13. The summed E-state index contributed by atoms with van der Waals surface area (Å²) >= 11 is 5.87. The second-order valence-electron chi connectivity index (χ2n) is 3.78. The number of hydrogen-bond donors (Lipinski definition) is 0. The molecule has 13 heavy (non-hydrogen) atoms. The van der Waals surface area contributed by atoms with Gasteiger partial charge in [-0.2, -0.15) is 0 Å². The maximum atomic E-state index is 4.16. The van der Waals surface area contributed by atoms with Gasteiger partial charge < -0.3 is 9.80 Å². The molecule has 0 aromatic heterocycles. The van der Waals surface area contributed by atoms with Gasteiger partial charge in [0.15, 0.2) is 0 Å². The zero-order valence-electron chi connectivity index (χ0n) is 8.72. The average molecular weight is 346 g/mol. The molecule has 0 aromatic rings. The van der Waals surface area contributed by atoms with Crippen molar-refractivity contribution < 1.29 is 12.8 Å². The Morgan fingerprint density at radius 1 is 1.00 bits per heavy atom. The summed E-state index contributed by atoms with van der Waals surface area (Å²) in [4.78, 5) is 4.78. The van der Waals surface area contributed by atoms with Gasteiger partial charge in [0, 0.05) is 0 Å². The van der Waals surface area contributed by atoms with Crippen molar-refractivity contribution >= 4 is 20.3 Å². The summed E-state index contributed by atoms with van der Waals surface area (Å²) in [6.45, 7) is 13.6. The number of rotatable bonds is 2. The van der Waals surface area contributed by atoms with Crippen LogP contribution in [0.3, 0.4) is 0 Å². The summed E-state index contributed by atoms with van der Waals surface area (Å²) in [6, 6.07) is 1.30. The summed E-state index contributed by atoms with van der Waals surface area (Å²) in [5, 5.41) is 0. The molecule has 1 aliphatic rings. The maximum absolute atomic E-state index is 4.16. The first-order chi connectivity index (χ1) is 6.11. The topological polar surface area (TPSA) is 6.48 Å². The zero-order valence-corrected chi connectivity index (χ0v) is 11.8. The fourth-order valence-corrected chi connectivity index (χ4v) is 1.32. The molecule has 1 heterocycles. The SMILES string of the molecule is CC(C)N1[CH-]N(C(C)C)CC1.[Cu+][I]. The Morgan fingerprint density at radius 2 is 1.31 bits per heavy atom. The van der Waals surface area contributed by atoms with Crippen LogP contribution in [0.5, 0.6) is 0 Å². The van der Waals surface area contributed by atoms with Crippen LogP contribution < -0.4 is 0 Å². The predicted octanol–water partition coefficient (Wildman–Crippen LogP) is 2.42. The van der Waals surface area contributed by atoms with E-state index >= 15 is 0 Å². The van der Waals surface area contributed by atoms with Crippen molar-refractivity contribution in [1.29, 1.82) is 0 Å². The number of hydrogen-bond acceptors (Lipinski definition) is 2. The molecular formula is C9H19CuIN2. The van der Waals surface area contributed by atoms with Gasteiger partial charge in [0.05, 0.1) is 0 Å². The van der Waals surface area contributed by atoms with Crippen molar-refractivity contribution in [2.24, 2.45) is 0 Å². The van der Waals surface area contributed by atoms with E-state index in [1.807, 2.05) is 0 Å². The van der Waals surface area contributed by atoms with Gasteiger partial charge in [-0.3, -0.25) is 0 Å². The molecule has 0 radical (unpaired) electrons. The number of halogens is 1. The van der Waals surface area contributed by atoms with Crippen molar-refractivity contribution in [1.82, 2.24) is 9.80 Å². The zero-order chi connectivity index (χ0) is 10.4. The van der Waals surface area contributed by atoms with Gasteiger partial charge in [-0.1, -0.05) is 27.7 Å². The second kappa shape index (κ2) is 7.46. The van der Waals surface area contributed by atoms with Crippen LogP contribution in [-0.2, 0) is 12.8 Å². The Bertz CT molecular complexity index is 117. The Balaban J connectivity index is 0.000000671. The van der Waals surface area contributed by atoms with Crippen molar-refractivity contribution in [3.63, 3.8) is 0 Å². The minimum atomic E-state index is 0.652. The first-order valence-corrected chi connectivity index (χ1v) is 7.63. The average Bonchev–Trinajstić information content (AvgIpc) is 2.56. The van der Waals surface area contributed by atoms with E-state index in [-0.39, 0.29) is 0 Å². The third-order valence-electron chi connectivity index (χ3n) is 2.24. The van der Waals surface area contributed by atoms with E-state index in [4.69, 9.17) is 0 Å². The van der Waals surface area contributed by atoms with E-state index in [9.17, 15) is 0 Å². The van der Waals surface area contributed by atoms with Gasteiger partial charge in [-0.05, 0) is 25.2 Å². The molecule has 2 nitrogen and oxygen atoms in total. The fraction of sp³-hybridized carbons (Fsp3) is 0.889. The molecule has 0 atom stereocenters. The van der Waals surface area contributed by atoms with Crippen LogP contribution in [0.15, 0.2) is 0 Å². The molecule has 0 unspecified atom stereocenters. The Morgan fingerprint density at radius 3 is 1.46 bits per heavy atom. The standard InChI is InChI=1S/C9H19N2.Cu.HI/c1-8(2)10-5-6-11(7-10)9(3)4;;/h7-9H,5-6H2,1-4H3;;1H/q-1;+2;/p-1. The summed E-state index contributed by atoms with van der Waals surface area (Å²) in [7, 11) is 0. The molecule has 0 spiro atoms. The molecule has 0 aliphatic carbocycles. The van der Waals surface area contributed by atoms with Crippen LogP contribution >= 0.6 is 20.3 Å². The first kappa shape index (κ1) is 14.2. The van der Waals surface area contributed by atoms with Gasteiger partial charge in [-0.25, -0.2) is 6.67 Å². The molecule has 0 amide bonds. The van der Waals surface area contributed by atoms with Crippen LogP contribution in [-0.4, -0.2) is 35.0 Å². The van der Waals surface area contributed by atoms with Crippen LogP contribution in [0.1, 0.15) is 27.7 Å². The molecule has 1 fully saturated rings. The second-order valence-corrected chi connectivity index (χ2v) is 3.78. The van der Waals surface area contributed by atoms with Crippen molar-refractivity contribution in [2.75, 3.05) is 13.1 Å². The van der Waals surface area contributed by atoms with E-state index in [1.54, 1.807) is 20.3 Å². The molecule has 0 bridgehead atoms. The van der Waals surface area contributed by atoms with Gasteiger partial charge >= 0.3 is 33.1 Å². The number of nitrogens with zero attached hydrogens (tertiary/aromatic N) is 2. The van der Waals surface area contributed by atoms with Crippen molar-refractivity contribution in [2.45, 2.75) is 39.8 Å². The third-order valence-corrected chi connectivity index (χ3v) is 2.24. The van der Waals surface area contributed by atoms with Crippen LogP contribution in [0, 0.1) is 6.67 Å². The molecule has 0 saturated carbocycles. The van der Waals surface area contributed by atoms with E-state index in [0.29, 0.717) is 12.1 Å². The third kappa shape index (κ3) is 4.98. The van der Waals surface area contributed by atoms with Crippen molar-refractivity contribution in [3.05, 3.63) is 6.67 Å². The summed E-state index contributed by atoms with van der Waals surface area (Å²) in [5.41, 5.74) is 0. The van der Waals surface area contributed by atoms with E-state index < -0.39 is 0 Å². The Hall–Kier alpha value is 1.17. The van der Waals surface area contributed by atoms with Gasteiger partial charge in [-0.15, -0.1) is 0 Å². The molecule has 0 N–H and O–H groups in total. The van der Waals surface area contributed by atoms with Crippen LogP contribution in [0.25, 0.3) is 0 Å².